The molecular formula is C15H20FNO3. The fourth-order valence-electron chi connectivity index (χ4n) is 1.86. The summed E-state index contributed by atoms with van der Waals surface area (Å²) in [5, 5.41) is 0. The molecule has 1 unspecified atom stereocenters. The number of carbonyl (C=O) groups is 2. The zero-order valence-corrected chi connectivity index (χ0v) is 12.2. The van der Waals surface area contributed by atoms with E-state index in [1.165, 1.54) is 31.4 Å². The Morgan fingerprint density at radius 1 is 1.20 bits per heavy atom. The minimum atomic E-state index is -0.410. The van der Waals surface area contributed by atoms with Crippen molar-refractivity contribution in [1.82, 2.24) is 4.90 Å². The molecule has 0 aromatic heterocycles. The highest BCUT2D eigenvalue weighted by atomic mass is 19.1. The second kappa shape index (κ2) is 7.03. The van der Waals surface area contributed by atoms with E-state index >= 15 is 0 Å². The molecule has 0 saturated heterocycles. The van der Waals surface area contributed by atoms with Gasteiger partial charge in [-0.1, -0.05) is 6.92 Å². The molecule has 1 aromatic rings. The highest BCUT2D eigenvalue weighted by Gasteiger charge is 2.24. The SMILES string of the molecule is COC(=O)C(C)CN(C(=O)c1ccc(F)cc1)C(C)C. The van der Waals surface area contributed by atoms with Crippen molar-refractivity contribution in [1.29, 1.82) is 0 Å². The van der Waals surface area contributed by atoms with Gasteiger partial charge >= 0.3 is 5.97 Å². The normalized spacial score (nSPS) is 12.1. The van der Waals surface area contributed by atoms with Crippen molar-refractivity contribution >= 4 is 11.9 Å². The second-order valence-electron chi connectivity index (χ2n) is 4.98. The first-order valence-corrected chi connectivity index (χ1v) is 6.51. The molecule has 5 heteroatoms. The van der Waals surface area contributed by atoms with E-state index in [0.29, 0.717) is 5.56 Å². The van der Waals surface area contributed by atoms with Crippen molar-refractivity contribution in [2.75, 3.05) is 13.7 Å². The van der Waals surface area contributed by atoms with Gasteiger partial charge in [-0.05, 0) is 38.1 Å². The average Bonchev–Trinajstić information content (AvgIpc) is 2.43. The molecule has 0 saturated carbocycles. The summed E-state index contributed by atoms with van der Waals surface area (Å²) in [5.41, 5.74) is 0.400. The van der Waals surface area contributed by atoms with Crippen molar-refractivity contribution in [3.63, 3.8) is 0 Å². The molecule has 0 aliphatic carbocycles. The third-order valence-corrected chi connectivity index (χ3v) is 3.05. The monoisotopic (exact) mass is 281 g/mol. The maximum atomic E-state index is 12.9. The van der Waals surface area contributed by atoms with Gasteiger partial charge in [0.25, 0.3) is 5.91 Å². The largest absolute Gasteiger partial charge is 0.469 e. The Hall–Kier alpha value is -1.91. The van der Waals surface area contributed by atoms with E-state index in [4.69, 9.17) is 0 Å². The maximum Gasteiger partial charge on any atom is 0.310 e. The Kier molecular flexibility index (Phi) is 5.67. The van der Waals surface area contributed by atoms with Crippen LogP contribution in [0.4, 0.5) is 4.39 Å². The molecule has 0 aliphatic rings. The smallest absolute Gasteiger partial charge is 0.310 e. The molecule has 0 aliphatic heterocycles. The van der Waals surface area contributed by atoms with Crippen molar-refractivity contribution in [3.05, 3.63) is 35.6 Å². The molecule has 4 nitrogen and oxygen atoms in total. The molecule has 1 rings (SSSR count). The van der Waals surface area contributed by atoms with Crippen LogP contribution in [-0.2, 0) is 9.53 Å². The molecule has 1 aromatic carbocycles. The number of hydrogen-bond donors (Lipinski definition) is 0. The number of benzene rings is 1. The predicted molar refractivity (Wildman–Crippen MR) is 73.8 cm³/mol. The number of esters is 1. The average molecular weight is 281 g/mol. The molecule has 110 valence electrons. The summed E-state index contributed by atoms with van der Waals surface area (Å²) >= 11 is 0. The summed E-state index contributed by atoms with van der Waals surface area (Å²) in [6.07, 6.45) is 0. The number of ether oxygens (including phenoxy) is 1. The number of nitrogens with zero attached hydrogens (tertiary/aromatic N) is 1. The number of carbonyl (C=O) groups excluding carboxylic acids is 2. The minimum absolute atomic E-state index is 0.0698. The summed E-state index contributed by atoms with van der Waals surface area (Å²) < 4.78 is 17.6. The van der Waals surface area contributed by atoms with E-state index in [1.54, 1.807) is 11.8 Å². The zero-order valence-electron chi connectivity index (χ0n) is 12.2. The van der Waals surface area contributed by atoms with E-state index in [2.05, 4.69) is 4.74 Å². The molecule has 1 atom stereocenters. The Labute approximate surface area is 118 Å². The number of amides is 1. The third kappa shape index (κ3) is 4.05. The summed E-state index contributed by atoms with van der Waals surface area (Å²) in [4.78, 5) is 25.4. The highest BCUT2D eigenvalue weighted by molar-refractivity contribution is 5.94. The van der Waals surface area contributed by atoms with Crippen LogP contribution in [0.5, 0.6) is 0 Å². The van der Waals surface area contributed by atoms with E-state index in [1.807, 2.05) is 13.8 Å². The van der Waals surface area contributed by atoms with Crippen LogP contribution in [0.25, 0.3) is 0 Å². The first-order valence-electron chi connectivity index (χ1n) is 6.51. The molecule has 1 amide bonds. The van der Waals surface area contributed by atoms with Crippen LogP contribution in [0.1, 0.15) is 31.1 Å². The zero-order chi connectivity index (χ0) is 15.3. The summed E-state index contributed by atoms with van der Waals surface area (Å²) in [7, 11) is 1.32. The molecule has 0 spiro atoms. The van der Waals surface area contributed by atoms with Gasteiger partial charge in [0.1, 0.15) is 5.82 Å². The van der Waals surface area contributed by atoms with Crippen LogP contribution in [0, 0.1) is 11.7 Å². The number of methoxy groups -OCH3 is 1. The van der Waals surface area contributed by atoms with Gasteiger partial charge in [-0.15, -0.1) is 0 Å². The van der Waals surface area contributed by atoms with Crippen molar-refractivity contribution in [2.24, 2.45) is 5.92 Å². The van der Waals surface area contributed by atoms with Gasteiger partial charge in [-0.2, -0.15) is 0 Å². The van der Waals surface area contributed by atoms with Gasteiger partial charge < -0.3 is 9.64 Å². The highest BCUT2D eigenvalue weighted by Crippen LogP contribution is 2.13. The summed E-state index contributed by atoms with van der Waals surface area (Å²) in [6, 6.07) is 5.30. The number of rotatable bonds is 5. The third-order valence-electron chi connectivity index (χ3n) is 3.05. The van der Waals surface area contributed by atoms with Gasteiger partial charge in [-0.3, -0.25) is 9.59 Å². The molecule has 0 radical (unpaired) electrons. The maximum absolute atomic E-state index is 12.9. The Morgan fingerprint density at radius 2 is 1.75 bits per heavy atom. The lowest BCUT2D eigenvalue weighted by Gasteiger charge is -2.28. The summed E-state index contributed by atoms with van der Waals surface area (Å²) in [5.74, 6) is -1.38. The van der Waals surface area contributed by atoms with Crippen LogP contribution < -0.4 is 0 Å². The Bertz CT molecular complexity index is 471. The predicted octanol–water partition coefficient (Wildman–Crippen LogP) is 2.49. The van der Waals surface area contributed by atoms with Gasteiger partial charge in [0, 0.05) is 18.2 Å². The van der Waals surface area contributed by atoms with Gasteiger partial charge in [-0.25, -0.2) is 4.39 Å². The van der Waals surface area contributed by atoms with Crippen LogP contribution in [0.15, 0.2) is 24.3 Å². The van der Waals surface area contributed by atoms with Crippen LogP contribution in [0.3, 0.4) is 0 Å². The quantitative estimate of drug-likeness (QED) is 0.779. The van der Waals surface area contributed by atoms with E-state index < -0.39 is 5.92 Å². The standard InChI is InChI=1S/C15H20FNO3/c1-10(2)17(9-11(3)15(19)20-4)14(18)12-5-7-13(16)8-6-12/h5-8,10-11H,9H2,1-4H3. The second-order valence-corrected chi connectivity index (χ2v) is 4.98. The first-order chi connectivity index (χ1) is 9.36. The molecular weight excluding hydrogens is 261 g/mol. The molecule has 0 heterocycles. The van der Waals surface area contributed by atoms with Gasteiger partial charge in [0.2, 0.25) is 0 Å². The van der Waals surface area contributed by atoms with E-state index in [0.717, 1.165) is 0 Å². The number of halogens is 1. The Morgan fingerprint density at radius 3 is 2.20 bits per heavy atom. The minimum Gasteiger partial charge on any atom is -0.469 e. The van der Waals surface area contributed by atoms with Crippen LogP contribution >= 0.6 is 0 Å². The van der Waals surface area contributed by atoms with Crippen molar-refractivity contribution < 1.29 is 18.7 Å². The molecule has 0 fully saturated rings. The van der Waals surface area contributed by atoms with Crippen molar-refractivity contribution in [3.8, 4) is 0 Å². The molecule has 0 N–H and O–H groups in total. The topological polar surface area (TPSA) is 46.6 Å². The van der Waals surface area contributed by atoms with Crippen LogP contribution in [0.2, 0.25) is 0 Å². The van der Waals surface area contributed by atoms with E-state index in [-0.39, 0.29) is 30.3 Å². The molecule has 0 bridgehead atoms. The summed E-state index contributed by atoms with van der Waals surface area (Å²) in [6.45, 7) is 5.70. The van der Waals surface area contributed by atoms with Gasteiger partial charge in [0.15, 0.2) is 0 Å². The fourth-order valence-corrected chi connectivity index (χ4v) is 1.86. The molecule has 20 heavy (non-hydrogen) atoms. The van der Waals surface area contributed by atoms with Gasteiger partial charge in [0.05, 0.1) is 13.0 Å². The lowest BCUT2D eigenvalue weighted by Crippen LogP contribution is -2.41. The lowest BCUT2D eigenvalue weighted by atomic mass is 10.1. The van der Waals surface area contributed by atoms with Crippen LogP contribution in [-0.4, -0.2) is 36.5 Å². The lowest BCUT2D eigenvalue weighted by molar-refractivity contribution is -0.145. The Balaban J connectivity index is 2.88. The first kappa shape index (κ1) is 16.1. The number of hydrogen-bond acceptors (Lipinski definition) is 3. The fraction of sp³-hybridized carbons (Fsp3) is 0.467. The van der Waals surface area contributed by atoms with Crippen molar-refractivity contribution in [2.45, 2.75) is 26.8 Å². The van der Waals surface area contributed by atoms with E-state index in [9.17, 15) is 14.0 Å².